The molecule has 0 amide bonds. The van der Waals surface area contributed by atoms with Gasteiger partial charge in [0.2, 0.25) is 5.88 Å². The maximum Gasteiger partial charge on any atom is 0.320 e. The van der Waals surface area contributed by atoms with E-state index < -0.39 is 0 Å². The zero-order valence-electron chi connectivity index (χ0n) is 13.4. The van der Waals surface area contributed by atoms with Crippen LogP contribution in [-0.4, -0.2) is 21.2 Å². The molecule has 0 aliphatic carbocycles. The Hall–Kier alpha value is -1.62. The zero-order valence-corrected chi connectivity index (χ0v) is 14.2. The van der Waals surface area contributed by atoms with Gasteiger partial charge in [0.1, 0.15) is 11.2 Å². The first-order valence-corrected chi connectivity index (χ1v) is 7.86. The fourth-order valence-corrected chi connectivity index (χ4v) is 2.31. The molecular formula is C16H22N2O2S. The molecule has 4 nitrogen and oxygen atoms in total. The highest BCUT2D eigenvalue weighted by Crippen LogP contribution is 2.33. The van der Waals surface area contributed by atoms with Crippen LogP contribution in [0.3, 0.4) is 0 Å². The van der Waals surface area contributed by atoms with Crippen molar-refractivity contribution >= 4 is 11.3 Å². The predicted octanol–water partition coefficient (Wildman–Crippen LogP) is 4.56. The third-order valence-electron chi connectivity index (χ3n) is 2.36. The van der Waals surface area contributed by atoms with Crippen LogP contribution in [0.25, 0.3) is 11.1 Å². The summed E-state index contributed by atoms with van der Waals surface area (Å²) in [6.45, 7) is 11.9. The van der Waals surface area contributed by atoms with Gasteiger partial charge in [-0.3, -0.25) is 0 Å². The molecule has 2 rings (SSSR count). The third-order valence-corrected chi connectivity index (χ3v) is 3.05. The van der Waals surface area contributed by atoms with E-state index in [1.165, 1.54) is 0 Å². The number of rotatable bonds is 3. The molecule has 0 bridgehead atoms. The molecule has 114 valence electrons. The predicted molar refractivity (Wildman–Crippen MR) is 86.1 cm³/mol. The van der Waals surface area contributed by atoms with E-state index in [2.05, 4.69) is 15.3 Å². The van der Waals surface area contributed by atoms with Crippen molar-refractivity contribution in [3.63, 3.8) is 0 Å². The number of hydrogen-bond acceptors (Lipinski definition) is 5. The molecular weight excluding hydrogens is 284 g/mol. The number of nitrogens with zero attached hydrogens (tertiary/aromatic N) is 2. The molecule has 5 heteroatoms. The first-order chi connectivity index (χ1) is 9.64. The van der Waals surface area contributed by atoms with Gasteiger partial charge >= 0.3 is 6.01 Å². The molecule has 2 heterocycles. The molecule has 0 fully saturated rings. The number of ether oxygens (including phenoxy) is 2. The van der Waals surface area contributed by atoms with Crippen molar-refractivity contribution < 1.29 is 9.47 Å². The average Bonchev–Trinajstić information content (AvgIpc) is 2.78. The van der Waals surface area contributed by atoms with Crippen LogP contribution < -0.4 is 9.47 Å². The summed E-state index contributed by atoms with van der Waals surface area (Å²) in [5, 5.41) is 4.08. The van der Waals surface area contributed by atoms with E-state index in [9.17, 15) is 0 Å². The quantitative estimate of drug-likeness (QED) is 0.834. The van der Waals surface area contributed by atoms with Crippen LogP contribution >= 0.6 is 11.3 Å². The van der Waals surface area contributed by atoms with Gasteiger partial charge < -0.3 is 9.47 Å². The van der Waals surface area contributed by atoms with Gasteiger partial charge in [-0.2, -0.15) is 16.3 Å². The first kappa shape index (κ1) is 15.8. The molecule has 21 heavy (non-hydrogen) atoms. The maximum absolute atomic E-state index is 5.99. The lowest BCUT2D eigenvalue weighted by atomic mass is 10.1. The van der Waals surface area contributed by atoms with Crippen LogP contribution in [0, 0.1) is 0 Å². The molecule has 0 aliphatic rings. The average molecular weight is 306 g/mol. The SMILES string of the molecule is CC(C)(C)Oc1ncc(-c2ccsc2)c(OC(C)(C)C)n1. The summed E-state index contributed by atoms with van der Waals surface area (Å²) in [4.78, 5) is 8.75. The van der Waals surface area contributed by atoms with Crippen LogP contribution in [0.15, 0.2) is 23.0 Å². The summed E-state index contributed by atoms with van der Waals surface area (Å²) in [6.07, 6.45) is 1.76. The standard InChI is InChI=1S/C16H22N2O2S/c1-15(2,3)19-13-12(11-7-8-21-10-11)9-17-14(18-13)20-16(4,5)6/h7-10H,1-6H3. The molecule has 2 aromatic heterocycles. The minimum Gasteiger partial charge on any atom is -0.471 e. The Morgan fingerprint density at radius 3 is 2.19 bits per heavy atom. The Kier molecular flexibility index (Phi) is 4.23. The monoisotopic (exact) mass is 306 g/mol. The Morgan fingerprint density at radius 2 is 1.67 bits per heavy atom. The van der Waals surface area contributed by atoms with Crippen molar-refractivity contribution in [2.75, 3.05) is 0 Å². The highest BCUT2D eigenvalue weighted by Gasteiger charge is 2.21. The summed E-state index contributed by atoms with van der Waals surface area (Å²) < 4.78 is 11.7. The molecule has 2 aromatic rings. The molecule has 0 unspecified atom stereocenters. The lowest BCUT2D eigenvalue weighted by molar-refractivity contribution is 0.103. The molecule has 0 saturated carbocycles. The number of thiophene rings is 1. The van der Waals surface area contributed by atoms with Crippen molar-refractivity contribution in [2.45, 2.75) is 52.7 Å². The van der Waals surface area contributed by atoms with Gasteiger partial charge in [-0.1, -0.05) is 0 Å². The Bertz CT molecular complexity index is 596. The van der Waals surface area contributed by atoms with E-state index in [4.69, 9.17) is 9.47 Å². The first-order valence-electron chi connectivity index (χ1n) is 6.92. The molecule has 0 saturated heterocycles. The second kappa shape index (κ2) is 5.64. The summed E-state index contributed by atoms with van der Waals surface area (Å²) in [5.41, 5.74) is 1.26. The van der Waals surface area contributed by atoms with Crippen LogP contribution in [-0.2, 0) is 0 Å². The van der Waals surface area contributed by atoms with Gasteiger partial charge in [0, 0.05) is 6.20 Å². The highest BCUT2D eigenvalue weighted by molar-refractivity contribution is 7.08. The number of aromatic nitrogens is 2. The van der Waals surface area contributed by atoms with Gasteiger partial charge in [0.05, 0.1) is 5.56 Å². The molecule has 0 aliphatic heterocycles. The van der Waals surface area contributed by atoms with E-state index >= 15 is 0 Å². The molecule has 0 aromatic carbocycles. The van der Waals surface area contributed by atoms with Crippen molar-refractivity contribution in [2.24, 2.45) is 0 Å². The van der Waals surface area contributed by atoms with E-state index in [0.717, 1.165) is 11.1 Å². The van der Waals surface area contributed by atoms with Crippen molar-refractivity contribution in [1.82, 2.24) is 9.97 Å². The fraction of sp³-hybridized carbons (Fsp3) is 0.500. The van der Waals surface area contributed by atoms with Gasteiger partial charge in [0.15, 0.2) is 0 Å². The second-order valence-corrected chi connectivity index (χ2v) is 7.59. The largest absolute Gasteiger partial charge is 0.471 e. The van der Waals surface area contributed by atoms with Gasteiger partial charge in [-0.15, -0.1) is 0 Å². The minimum atomic E-state index is -0.344. The van der Waals surface area contributed by atoms with E-state index in [1.807, 2.05) is 53.0 Å². The topological polar surface area (TPSA) is 44.2 Å². The molecule has 0 radical (unpaired) electrons. The van der Waals surface area contributed by atoms with Crippen LogP contribution in [0.2, 0.25) is 0 Å². The third kappa shape index (κ3) is 4.70. The second-order valence-electron chi connectivity index (χ2n) is 6.81. The van der Waals surface area contributed by atoms with Crippen molar-refractivity contribution in [1.29, 1.82) is 0 Å². The van der Waals surface area contributed by atoms with Crippen molar-refractivity contribution in [3.05, 3.63) is 23.0 Å². The lowest BCUT2D eigenvalue weighted by Gasteiger charge is -2.24. The summed E-state index contributed by atoms with van der Waals surface area (Å²) in [7, 11) is 0. The minimum absolute atomic E-state index is 0.334. The van der Waals surface area contributed by atoms with E-state index in [1.54, 1.807) is 17.5 Å². The summed E-state index contributed by atoms with van der Waals surface area (Å²) in [6, 6.07) is 2.36. The lowest BCUT2D eigenvalue weighted by Crippen LogP contribution is -2.26. The van der Waals surface area contributed by atoms with Crippen molar-refractivity contribution in [3.8, 4) is 23.0 Å². The molecule has 0 spiro atoms. The molecule has 0 atom stereocenters. The zero-order chi connectivity index (χ0) is 15.7. The Morgan fingerprint density at radius 1 is 1.00 bits per heavy atom. The smallest absolute Gasteiger partial charge is 0.320 e. The van der Waals surface area contributed by atoms with E-state index in [-0.39, 0.29) is 11.2 Å². The Balaban J connectivity index is 2.41. The van der Waals surface area contributed by atoms with Crippen LogP contribution in [0.1, 0.15) is 41.5 Å². The maximum atomic E-state index is 5.99. The summed E-state index contributed by atoms with van der Waals surface area (Å²) in [5.74, 6) is 0.551. The number of hydrogen-bond donors (Lipinski definition) is 0. The van der Waals surface area contributed by atoms with Gasteiger partial charge in [0.25, 0.3) is 0 Å². The van der Waals surface area contributed by atoms with E-state index in [0.29, 0.717) is 11.9 Å². The Labute approximate surface area is 130 Å². The fourth-order valence-electron chi connectivity index (χ4n) is 1.66. The highest BCUT2D eigenvalue weighted by atomic mass is 32.1. The van der Waals surface area contributed by atoms with Gasteiger partial charge in [-0.05, 0) is 63.9 Å². The normalized spacial score (nSPS) is 12.3. The van der Waals surface area contributed by atoms with Crippen LogP contribution in [0.5, 0.6) is 11.9 Å². The summed E-state index contributed by atoms with van der Waals surface area (Å²) >= 11 is 1.63. The van der Waals surface area contributed by atoms with Gasteiger partial charge in [-0.25, -0.2) is 4.98 Å². The van der Waals surface area contributed by atoms with Crippen LogP contribution in [0.4, 0.5) is 0 Å². The molecule has 0 N–H and O–H groups in total.